The first kappa shape index (κ1) is 11.5. The first-order valence-corrected chi connectivity index (χ1v) is 4.71. The van der Waals surface area contributed by atoms with Gasteiger partial charge in [-0.3, -0.25) is 0 Å². The van der Waals surface area contributed by atoms with Gasteiger partial charge < -0.3 is 10.4 Å². The Hall–Kier alpha value is -1.55. The number of nitrogens with one attached hydrogen (secondary N) is 1. The fourth-order valence-corrected chi connectivity index (χ4v) is 1.14. The fraction of sp³-hybridized carbons (Fsp3) is 0.200. The lowest BCUT2D eigenvalue weighted by atomic mass is 10.2. The normalized spacial score (nSPS) is 11.9. The van der Waals surface area contributed by atoms with Gasteiger partial charge in [-0.25, -0.2) is 9.78 Å². The average molecular weight is 227 g/mol. The summed E-state index contributed by atoms with van der Waals surface area (Å²) in [4.78, 5) is 14.8. The number of halogens is 1. The molecule has 1 aromatic heterocycles. The summed E-state index contributed by atoms with van der Waals surface area (Å²) in [5.41, 5.74) is 0.0908. The summed E-state index contributed by atoms with van der Waals surface area (Å²) >= 11 is 5.68. The van der Waals surface area contributed by atoms with E-state index in [0.717, 1.165) is 0 Å². The number of hydrogen-bond acceptors (Lipinski definition) is 3. The summed E-state index contributed by atoms with van der Waals surface area (Å²) in [5.74, 6) is -0.791. The van der Waals surface area contributed by atoms with Gasteiger partial charge in [-0.2, -0.15) is 0 Å². The zero-order valence-corrected chi connectivity index (χ0v) is 8.95. The number of carboxylic acids is 1. The topological polar surface area (TPSA) is 62.2 Å². The number of pyridine rings is 1. The minimum Gasteiger partial charge on any atom is -0.478 e. The summed E-state index contributed by atoms with van der Waals surface area (Å²) in [6.07, 6.45) is 1.65. The fourth-order valence-electron chi connectivity index (χ4n) is 0.993. The van der Waals surface area contributed by atoms with Crippen molar-refractivity contribution in [1.29, 1.82) is 0 Å². The molecule has 4 nitrogen and oxygen atoms in total. The molecular weight excluding hydrogens is 216 g/mol. The monoisotopic (exact) mass is 226 g/mol. The van der Waals surface area contributed by atoms with E-state index >= 15 is 0 Å². The Morgan fingerprint density at radius 1 is 1.73 bits per heavy atom. The highest BCUT2D eigenvalue weighted by molar-refractivity contribution is 6.29. The van der Waals surface area contributed by atoms with Crippen molar-refractivity contribution in [1.82, 2.24) is 4.98 Å². The van der Waals surface area contributed by atoms with Gasteiger partial charge in [0.25, 0.3) is 0 Å². The molecule has 0 bridgehead atoms. The maximum Gasteiger partial charge on any atom is 0.339 e. The van der Waals surface area contributed by atoms with Gasteiger partial charge in [-0.15, -0.1) is 6.58 Å². The third kappa shape index (κ3) is 2.95. The number of aromatic carboxylic acids is 1. The molecular formula is C10H11ClN2O2. The number of anilines is 1. The van der Waals surface area contributed by atoms with Gasteiger partial charge in [0.15, 0.2) is 0 Å². The van der Waals surface area contributed by atoms with Gasteiger partial charge >= 0.3 is 5.97 Å². The van der Waals surface area contributed by atoms with Crippen LogP contribution in [0.15, 0.2) is 24.8 Å². The molecule has 0 aromatic carbocycles. The van der Waals surface area contributed by atoms with Gasteiger partial charge in [-0.05, 0) is 19.1 Å². The second-order valence-corrected chi connectivity index (χ2v) is 3.39. The van der Waals surface area contributed by atoms with Crippen LogP contribution in [-0.4, -0.2) is 22.1 Å². The molecule has 0 saturated carbocycles. The van der Waals surface area contributed by atoms with Gasteiger partial charge in [0.1, 0.15) is 16.5 Å². The number of aromatic nitrogens is 1. The molecule has 15 heavy (non-hydrogen) atoms. The van der Waals surface area contributed by atoms with Crippen LogP contribution in [0.2, 0.25) is 5.15 Å². The summed E-state index contributed by atoms with van der Waals surface area (Å²) < 4.78 is 0. The van der Waals surface area contributed by atoms with Crippen LogP contribution in [0.4, 0.5) is 5.82 Å². The molecule has 0 spiro atoms. The molecule has 0 aliphatic heterocycles. The first-order valence-electron chi connectivity index (χ1n) is 4.33. The first-order chi connectivity index (χ1) is 7.04. The molecule has 1 heterocycles. The highest BCUT2D eigenvalue weighted by Crippen LogP contribution is 2.17. The summed E-state index contributed by atoms with van der Waals surface area (Å²) in [6, 6.07) is 2.78. The standard InChI is InChI=1S/C10H11ClN2O2/c1-3-6(2)12-9-7(10(14)15)4-5-8(11)13-9/h3-6H,1H2,2H3,(H,12,13)(H,14,15). The molecule has 0 saturated heterocycles. The number of nitrogens with zero attached hydrogens (tertiary/aromatic N) is 1. The van der Waals surface area contributed by atoms with E-state index in [-0.39, 0.29) is 22.6 Å². The lowest BCUT2D eigenvalue weighted by Crippen LogP contribution is -2.16. The molecule has 0 fully saturated rings. The van der Waals surface area contributed by atoms with Crippen LogP contribution in [0.3, 0.4) is 0 Å². The van der Waals surface area contributed by atoms with Crippen LogP contribution in [0, 0.1) is 0 Å². The highest BCUT2D eigenvalue weighted by atomic mass is 35.5. The van der Waals surface area contributed by atoms with Crippen LogP contribution in [0.25, 0.3) is 0 Å². The van der Waals surface area contributed by atoms with E-state index in [1.807, 2.05) is 6.92 Å². The average Bonchev–Trinajstić information content (AvgIpc) is 2.17. The predicted molar refractivity (Wildman–Crippen MR) is 59.5 cm³/mol. The van der Waals surface area contributed by atoms with Crippen molar-refractivity contribution in [3.63, 3.8) is 0 Å². The second kappa shape index (κ2) is 4.79. The Kier molecular flexibility index (Phi) is 3.68. The van der Waals surface area contributed by atoms with E-state index in [2.05, 4.69) is 16.9 Å². The molecule has 1 atom stereocenters. The van der Waals surface area contributed by atoms with Crippen LogP contribution in [-0.2, 0) is 0 Å². The molecule has 5 heteroatoms. The van der Waals surface area contributed by atoms with Crippen LogP contribution < -0.4 is 5.32 Å². The largest absolute Gasteiger partial charge is 0.478 e. The van der Waals surface area contributed by atoms with Crippen molar-refractivity contribution in [3.8, 4) is 0 Å². The second-order valence-electron chi connectivity index (χ2n) is 3.00. The molecule has 2 N–H and O–H groups in total. The summed E-state index contributed by atoms with van der Waals surface area (Å²) in [5, 5.41) is 12.0. The van der Waals surface area contributed by atoms with E-state index in [9.17, 15) is 4.79 Å². The van der Waals surface area contributed by atoms with Crippen molar-refractivity contribution in [2.75, 3.05) is 5.32 Å². The van der Waals surface area contributed by atoms with Crippen molar-refractivity contribution in [2.24, 2.45) is 0 Å². The van der Waals surface area contributed by atoms with Gasteiger partial charge in [0.2, 0.25) is 0 Å². The predicted octanol–water partition coefficient (Wildman–Crippen LogP) is 2.42. The Morgan fingerprint density at radius 3 is 2.93 bits per heavy atom. The quantitative estimate of drug-likeness (QED) is 0.611. The van der Waals surface area contributed by atoms with Crippen LogP contribution in [0.5, 0.6) is 0 Å². The summed E-state index contributed by atoms with van der Waals surface area (Å²) in [6.45, 7) is 5.42. The lowest BCUT2D eigenvalue weighted by molar-refractivity contribution is 0.0697. The van der Waals surface area contributed by atoms with Gasteiger partial charge in [-0.1, -0.05) is 17.7 Å². The van der Waals surface area contributed by atoms with Crippen molar-refractivity contribution in [2.45, 2.75) is 13.0 Å². The van der Waals surface area contributed by atoms with Crippen LogP contribution >= 0.6 is 11.6 Å². The lowest BCUT2D eigenvalue weighted by Gasteiger charge is -2.12. The maximum absolute atomic E-state index is 10.9. The molecule has 0 aliphatic rings. The van der Waals surface area contributed by atoms with Crippen LogP contribution in [0.1, 0.15) is 17.3 Å². The Balaban J connectivity index is 3.07. The Labute approximate surface area is 92.6 Å². The molecule has 0 radical (unpaired) electrons. The number of hydrogen-bond donors (Lipinski definition) is 2. The molecule has 1 aromatic rings. The third-order valence-corrected chi connectivity index (χ3v) is 2.02. The van der Waals surface area contributed by atoms with Crippen molar-refractivity contribution < 1.29 is 9.90 Å². The zero-order chi connectivity index (χ0) is 11.4. The number of rotatable bonds is 4. The number of carbonyl (C=O) groups is 1. The molecule has 1 unspecified atom stereocenters. The SMILES string of the molecule is C=CC(C)Nc1nc(Cl)ccc1C(=O)O. The van der Waals surface area contributed by atoms with Crippen molar-refractivity contribution in [3.05, 3.63) is 35.5 Å². The maximum atomic E-state index is 10.9. The zero-order valence-electron chi connectivity index (χ0n) is 8.20. The van der Waals surface area contributed by atoms with Gasteiger partial charge in [0.05, 0.1) is 0 Å². The van der Waals surface area contributed by atoms with E-state index < -0.39 is 5.97 Å². The van der Waals surface area contributed by atoms with E-state index in [4.69, 9.17) is 16.7 Å². The van der Waals surface area contributed by atoms with E-state index in [0.29, 0.717) is 0 Å². The molecule has 80 valence electrons. The molecule has 0 aliphatic carbocycles. The summed E-state index contributed by atoms with van der Waals surface area (Å²) in [7, 11) is 0. The minimum absolute atomic E-state index is 0.0749. The number of carboxylic acid groups (broad SMARTS) is 1. The van der Waals surface area contributed by atoms with E-state index in [1.165, 1.54) is 12.1 Å². The minimum atomic E-state index is -1.04. The Morgan fingerprint density at radius 2 is 2.40 bits per heavy atom. The highest BCUT2D eigenvalue weighted by Gasteiger charge is 2.12. The molecule has 0 amide bonds. The molecule has 1 rings (SSSR count). The van der Waals surface area contributed by atoms with Crippen molar-refractivity contribution >= 4 is 23.4 Å². The van der Waals surface area contributed by atoms with E-state index in [1.54, 1.807) is 6.08 Å². The Bertz CT molecular complexity index is 393. The smallest absolute Gasteiger partial charge is 0.339 e. The van der Waals surface area contributed by atoms with Gasteiger partial charge in [0, 0.05) is 6.04 Å². The third-order valence-electron chi connectivity index (χ3n) is 1.81.